The lowest BCUT2D eigenvalue weighted by Crippen LogP contribution is -1.96. The van der Waals surface area contributed by atoms with Crippen LogP contribution in [-0.2, 0) is 0 Å². The van der Waals surface area contributed by atoms with Gasteiger partial charge in [0, 0.05) is 34.9 Å². The van der Waals surface area contributed by atoms with Gasteiger partial charge in [-0.1, -0.05) is 12.1 Å². The fourth-order valence-corrected chi connectivity index (χ4v) is 3.76. The van der Waals surface area contributed by atoms with Crippen LogP contribution in [0.3, 0.4) is 0 Å². The lowest BCUT2D eigenvalue weighted by molar-refractivity contribution is -0.384. The van der Waals surface area contributed by atoms with E-state index in [-0.39, 0.29) is 5.69 Å². The normalized spacial score (nSPS) is 11.8. The zero-order valence-corrected chi connectivity index (χ0v) is 17.0. The summed E-state index contributed by atoms with van der Waals surface area (Å²) < 4.78 is 1.66. The van der Waals surface area contributed by atoms with Crippen molar-refractivity contribution in [2.45, 2.75) is 0 Å². The molecule has 0 saturated heterocycles. The molecule has 10 nitrogen and oxygen atoms in total. The molecule has 33 heavy (non-hydrogen) atoms. The number of aromatic amines is 1. The molecule has 158 valence electrons. The summed E-state index contributed by atoms with van der Waals surface area (Å²) in [5.41, 5.74) is 5.53. The third kappa shape index (κ3) is 3.26. The molecular formula is C23H14N8O2. The van der Waals surface area contributed by atoms with Gasteiger partial charge in [-0.15, -0.1) is 5.10 Å². The van der Waals surface area contributed by atoms with Gasteiger partial charge >= 0.3 is 0 Å². The van der Waals surface area contributed by atoms with E-state index in [1.54, 1.807) is 22.9 Å². The van der Waals surface area contributed by atoms with Crippen LogP contribution in [0.25, 0.3) is 39.0 Å². The van der Waals surface area contributed by atoms with Gasteiger partial charge in [0.25, 0.3) is 5.69 Å². The first-order valence-corrected chi connectivity index (χ1v) is 10.0. The highest BCUT2D eigenvalue weighted by molar-refractivity contribution is 5.97. The van der Waals surface area contributed by atoms with Gasteiger partial charge in [0.2, 0.25) is 0 Å². The largest absolute Gasteiger partial charge is 0.338 e. The van der Waals surface area contributed by atoms with Gasteiger partial charge in [0.15, 0.2) is 5.65 Å². The van der Waals surface area contributed by atoms with E-state index in [0.717, 1.165) is 33.3 Å². The quantitative estimate of drug-likeness (QED) is 0.248. The van der Waals surface area contributed by atoms with Crippen LogP contribution < -0.4 is 0 Å². The Bertz CT molecular complexity index is 1670. The number of H-pyrrole nitrogens is 1. The molecule has 3 aromatic heterocycles. The number of rotatable bonds is 4. The Kier molecular flexibility index (Phi) is 4.15. The third-order valence-electron chi connectivity index (χ3n) is 5.37. The molecule has 0 bridgehead atoms. The van der Waals surface area contributed by atoms with Crippen molar-refractivity contribution in [1.82, 2.24) is 30.0 Å². The summed E-state index contributed by atoms with van der Waals surface area (Å²) in [4.78, 5) is 22.9. The van der Waals surface area contributed by atoms with E-state index in [1.165, 1.54) is 12.1 Å². The maximum Gasteiger partial charge on any atom is 0.269 e. The number of hydrogen-bond acceptors (Lipinski definition) is 7. The van der Waals surface area contributed by atoms with Gasteiger partial charge in [-0.3, -0.25) is 15.1 Å². The number of nitrogens with one attached hydrogen (secondary N) is 1. The lowest BCUT2D eigenvalue weighted by Gasteiger charge is -2.05. The van der Waals surface area contributed by atoms with Crippen LogP contribution in [0.2, 0.25) is 0 Å². The fourth-order valence-electron chi connectivity index (χ4n) is 3.76. The number of non-ortho nitro benzene ring substituents is 1. The highest BCUT2D eigenvalue weighted by Crippen LogP contribution is 2.26. The summed E-state index contributed by atoms with van der Waals surface area (Å²) in [6, 6.07) is 21.8. The van der Waals surface area contributed by atoms with E-state index in [0.29, 0.717) is 16.9 Å². The number of tetrazole rings is 1. The summed E-state index contributed by atoms with van der Waals surface area (Å²) in [5.74, 6) is 0.774. The minimum absolute atomic E-state index is 0.0156. The molecule has 0 fully saturated rings. The summed E-state index contributed by atoms with van der Waals surface area (Å²) in [6.07, 6.45) is 1.65. The Balaban J connectivity index is 1.44. The van der Waals surface area contributed by atoms with Crippen molar-refractivity contribution in [2.24, 2.45) is 4.99 Å². The smallest absolute Gasteiger partial charge is 0.269 e. The minimum Gasteiger partial charge on any atom is -0.338 e. The first-order valence-electron chi connectivity index (χ1n) is 10.0. The molecule has 0 aliphatic carbocycles. The first-order chi connectivity index (χ1) is 16.2. The molecule has 3 heterocycles. The Hall–Kier alpha value is -4.99. The number of benzene rings is 3. The van der Waals surface area contributed by atoms with Crippen LogP contribution in [0.5, 0.6) is 0 Å². The van der Waals surface area contributed by atoms with E-state index < -0.39 is 4.92 Å². The van der Waals surface area contributed by atoms with Gasteiger partial charge in [0.05, 0.1) is 27.2 Å². The van der Waals surface area contributed by atoms with Crippen LogP contribution >= 0.6 is 0 Å². The second-order valence-corrected chi connectivity index (χ2v) is 7.42. The number of nitro groups is 1. The molecular weight excluding hydrogens is 420 g/mol. The minimum atomic E-state index is -0.443. The molecule has 0 unspecified atom stereocenters. The van der Waals surface area contributed by atoms with Crippen LogP contribution in [-0.4, -0.2) is 41.1 Å². The number of aliphatic imine (C=N–C) groups is 1. The molecule has 6 rings (SSSR count). The maximum absolute atomic E-state index is 10.8. The maximum atomic E-state index is 10.8. The van der Waals surface area contributed by atoms with E-state index >= 15 is 0 Å². The van der Waals surface area contributed by atoms with Gasteiger partial charge in [-0.2, -0.15) is 4.52 Å². The number of pyridine rings is 1. The summed E-state index contributed by atoms with van der Waals surface area (Å²) >= 11 is 0. The number of nitrogens with zero attached hydrogens (tertiary/aromatic N) is 7. The van der Waals surface area contributed by atoms with Crippen LogP contribution in [0.1, 0.15) is 5.56 Å². The Morgan fingerprint density at radius 1 is 1.03 bits per heavy atom. The number of aromatic nitrogens is 6. The lowest BCUT2D eigenvalue weighted by atomic mass is 10.1. The van der Waals surface area contributed by atoms with Crippen molar-refractivity contribution in [2.75, 3.05) is 0 Å². The second kappa shape index (κ2) is 7.31. The average Bonchev–Trinajstić information content (AvgIpc) is 3.50. The molecule has 0 saturated carbocycles. The molecule has 6 aromatic rings. The molecule has 10 heteroatoms. The van der Waals surface area contributed by atoms with E-state index in [4.69, 9.17) is 0 Å². The fraction of sp³-hybridized carbons (Fsp3) is 0. The molecule has 3 aromatic carbocycles. The Morgan fingerprint density at radius 2 is 1.88 bits per heavy atom. The zero-order chi connectivity index (χ0) is 22.4. The van der Waals surface area contributed by atoms with Crippen LogP contribution in [0.4, 0.5) is 11.4 Å². The zero-order valence-electron chi connectivity index (χ0n) is 17.0. The van der Waals surface area contributed by atoms with Gasteiger partial charge < -0.3 is 4.98 Å². The van der Waals surface area contributed by atoms with E-state index in [1.807, 2.05) is 48.5 Å². The predicted octanol–water partition coefficient (Wildman–Crippen LogP) is 4.48. The van der Waals surface area contributed by atoms with Crippen molar-refractivity contribution in [3.8, 4) is 11.4 Å². The molecule has 0 aliphatic rings. The standard InChI is InChI=1S/C23H14N8O2/c32-31(33)18-8-6-17(7-9-18)24-13-16-12-15-11-14(5-10-21(15)30-23(16)27-28-29-30)22-25-19-3-1-2-4-20(19)26-22/h1-13H,(H,25,26). The van der Waals surface area contributed by atoms with Crippen LogP contribution in [0.15, 0.2) is 77.8 Å². The van der Waals surface area contributed by atoms with Crippen molar-refractivity contribution in [1.29, 1.82) is 0 Å². The monoisotopic (exact) mass is 434 g/mol. The molecule has 0 aliphatic heterocycles. The summed E-state index contributed by atoms with van der Waals surface area (Å²) in [7, 11) is 0. The highest BCUT2D eigenvalue weighted by atomic mass is 16.6. The molecule has 1 N–H and O–H groups in total. The van der Waals surface area contributed by atoms with E-state index in [2.05, 4.69) is 30.5 Å². The van der Waals surface area contributed by atoms with Crippen LogP contribution in [0, 0.1) is 10.1 Å². The number of nitro benzene ring substituents is 1. The average molecular weight is 434 g/mol. The Labute approximate surface area is 185 Å². The van der Waals surface area contributed by atoms with Crippen molar-refractivity contribution >= 4 is 45.2 Å². The van der Waals surface area contributed by atoms with Gasteiger partial charge in [-0.05, 0) is 59.0 Å². The molecule has 0 atom stereocenters. The molecule has 0 radical (unpaired) electrons. The number of hydrogen-bond donors (Lipinski definition) is 1. The topological polar surface area (TPSA) is 127 Å². The molecule has 0 amide bonds. The third-order valence-corrected chi connectivity index (χ3v) is 5.37. The number of para-hydroxylation sites is 2. The van der Waals surface area contributed by atoms with Crippen molar-refractivity contribution in [3.05, 3.63) is 88.5 Å². The summed E-state index contributed by atoms with van der Waals surface area (Å²) in [6.45, 7) is 0. The Morgan fingerprint density at radius 3 is 2.70 bits per heavy atom. The summed E-state index contributed by atoms with van der Waals surface area (Å²) in [5, 5.41) is 23.8. The highest BCUT2D eigenvalue weighted by Gasteiger charge is 2.12. The number of fused-ring (bicyclic) bond motifs is 4. The van der Waals surface area contributed by atoms with Crippen molar-refractivity contribution < 1.29 is 4.92 Å². The predicted molar refractivity (Wildman–Crippen MR) is 124 cm³/mol. The van der Waals surface area contributed by atoms with Crippen molar-refractivity contribution in [3.63, 3.8) is 0 Å². The SMILES string of the molecule is O=[N+]([O-])c1ccc(N=Cc2cc3cc(-c4nc5ccccc5[nH]4)ccc3n3nnnc23)cc1. The second-order valence-electron chi connectivity index (χ2n) is 7.42. The van der Waals surface area contributed by atoms with Gasteiger partial charge in [0.1, 0.15) is 5.82 Å². The number of imidazole rings is 1. The molecule has 0 spiro atoms. The van der Waals surface area contributed by atoms with E-state index in [9.17, 15) is 10.1 Å². The van der Waals surface area contributed by atoms with Gasteiger partial charge in [-0.25, -0.2) is 4.98 Å². The first kappa shape index (κ1) is 18.8.